The van der Waals surface area contributed by atoms with Gasteiger partial charge >= 0.3 is 0 Å². The lowest BCUT2D eigenvalue weighted by atomic mass is 10.2. The molecule has 5 heteroatoms. The van der Waals surface area contributed by atoms with E-state index in [2.05, 4.69) is 21.2 Å². The number of hydrogen-bond donors (Lipinski definition) is 2. The van der Waals surface area contributed by atoms with E-state index in [0.717, 1.165) is 41.0 Å². The number of hydrogen-bond acceptors (Lipinski definition) is 4. The van der Waals surface area contributed by atoms with Gasteiger partial charge in [0.05, 0.1) is 13.7 Å². The van der Waals surface area contributed by atoms with Crippen LogP contribution in [0.4, 0.5) is 0 Å². The third-order valence-electron chi connectivity index (χ3n) is 2.46. The molecule has 0 aromatic heterocycles. The fourth-order valence-corrected chi connectivity index (χ4v) is 2.03. The second kappa shape index (κ2) is 8.34. The number of aliphatic hydroxyl groups excluding tert-OH is 1. The summed E-state index contributed by atoms with van der Waals surface area (Å²) in [6.07, 6.45) is 0.756. The molecule has 0 bridgehead atoms. The first-order valence-corrected chi connectivity index (χ1v) is 6.83. The molecular weight excluding hydrogens is 298 g/mol. The average molecular weight is 318 g/mol. The number of methoxy groups -OCH3 is 1. The Kier molecular flexibility index (Phi) is 7.08. The van der Waals surface area contributed by atoms with Gasteiger partial charge in [0.2, 0.25) is 0 Å². The molecule has 0 unspecified atom stereocenters. The van der Waals surface area contributed by atoms with Crippen molar-refractivity contribution in [2.75, 3.05) is 26.9 Å². The van der Waals surface area contributed by atoms with Gasteiger partial charge in [-0.3, -0.25) is 0 Å². The molecule has 0 spiro atoms. The maximum absolute atomic E-state index is 8.71. The first-order valence-electron chi connectivity index (χ1n) is 6.03. The SMILES string of the molecule is CCOc1cc(Br)c(CNCCCO)cc1OC. The van der Waals surface area contributed by atoms with Crippen molar-refractivity contribution in [1.82, 2.24) is 5.32 Å². The maximum atomic E-state index is 8.71. The molecule has 0 aliphatic heterocycles. The minimum absolute atomic E-state index is 0.209. The molecular formula is C13H20BrNO3. The van der Waals surface area contributed by atoms with Crippen LogP contribution in [0.25, 0.3) is 0 Å². The third-order valence-corrected chi connectivity index (χ3v) is 3.20. The normalized spacial score (nSPS) is 10.4. The Hall–Kier alpha value is -0.780. The van der Waals surface area contributed by atoms with Crippen molar-refractivity contribution in [3.8, 4) is 11.5 Å². The number of benzene rings is 1. The highest BCUT2D eigenvalue weighted by Crippen LogP contribution is 2.33. The summed E-state index contributed by atoms with van der Waals surface area (Å²) in [5, 5.41) is 12.0. The highest BCUT2D eigenvalue weighted by atomic mass is 79.9. The van der Waals surface area contributed by atoms with Gasteiger partial charge in [0, 0.05) is 17.6 Å². The summed E-state index contributed by atoms with van der Waals surface area (Å²) in [7, 11) is 1.63. The maximum Gasteiger partial charge on any atom is 0.162 e. The van der Waals surface area contributed by atoms with Crippen LogP contribution in [0.15, 0.2) is 16.6 Å². The van der Waals surface area contributed by atoms with Crippen LogP contribution in [0.2, 0.25) is 0 Å². The average Bonchev–Trinajstić information content (AvgIpc) is 2.37. The standard InChI is InChI=1S/C13H20BrNO3/c1-3-18-13-8-11(14)10(7-12(13)17-2)9-15-5-4-6-16/h7-8,15-16H,3-6,9H2,1-2H3. The molecule has 1 rings (SSSR count). The Balaban J connectivity index is 2.73. The van der Waals surface area contributed by atoms with Crippen LogP contribution in [0.5, 0.6) is 11.5 Å². The van der Waals surface area contributed by atoms with Crippen molar-refractivity contribution >= 4 is 15.9 Å². The molecule has 0 aliphatic rings. The van der Waals surface area contributed by atoms with Crippen LogP contribution in [0.1, 0.15) is 18.9 Å². The van der Waals surface area contributed by atoms with Gasteiger partial charge in [0.15, 0.2) is 11.5 Å². The van der Waals surface area contributed by atoms with E-state index in [1.807, 2.05) is 19.1 Å². The lowest BCUT2D eigenvalue weighted by Crippen LogP contribution is -2.16. The van der Waals surface area contributed by atoms with Crippen molar-refractivity contribution in [3.63, 3.8) is 0 Å². The van der Waals surface area contributed by atoms with E-state index in [4.69, 9.17) is 14.6 Å². The third kappa shape index (κ3) is 4.48. The zero-order chi connectivity index (χ0) is 13.4. The summed E-state index contributed by atoms with van der Waals surface area (Å²) in [5.74, 6) is 1.48. The van der Waals surface area contributed by atoms with Crippen LogP contribution in [-0.2, 0) is 6.54 Å². The molecule has 1 aromatic carbocycles. The first-order chi connectivity index (χ1) is 8.72. The Morgan fingerprint density at radius 3 is 2.72 bits per heavy atom. The smallest absolute Gasteiger partial charge is 0.162 e. The number of nitrogens with one attached hydrogen (secondary N) is 1. The molecule has 0 amide bonds. The van der Waals surface area contributed by atoms with Gasteiger partial charge in [0.25, 0.3) is 0 Å². The van der Waals surface area contributed by atoms with Crippen molar-refractivity contribution in [2.45, 2.75) is 19.9 Å². The highest BCUT2D eigenvalue weighted by Gasteiger charge is 2.09. The Bertz CT molecular complexity index is 371. The van der Waals surface area contributed by atoms with Gasteiger partial charge < -0.3 is 19.9 Å². The molecule has 0 saturated heterocycles. The quantitative estimate of drug-likeness (QED) is 0.723. The van der Waals surface area contributed by atoms with Gasteiger partial charge in [-0.05, 0) is 37.6 Å². The van der Waals surface area contributed by atoms with Gasteiger partial charge in [-0.25, -0.2) is 0 Å². The van der Waals surface area contributed by atoms with E-state index in [1.165, 1.54) is 0 Å². The molecule has 0 aliphatic carbocycles. The Morgan fingerprint density at radius 2 is 2.11 bits per heavy atom. The lowest BCUT2D eigenvalue weighted by molar-refractivity contribution is 0.286. The fraction of sp³-hybridized carbons (Fsp3) is 0.538. The summed E-state index contributed by atoms with van der Waals surface area (Å²) in [6, 6.07) is 3.88. The molecule has 0 fully saturated rings. The van der Waals surface area contributed by atoms with Crippen molar-refractivity contribution in [2.24, 2.45) is 0 Å². The molecule has 4 nitrogen and oxygen atoms in total. The lowest BCUT2D eigenvalue weighted by Gasteiger charge is -2.13. The Labute approximate surface area is 116 Å². The van der Waals surface area contributed by atoms with Crippen LogP contribution >= 0.6 is 15.9 Å². The summed E-state index contributed by atoms with van der Waals surface area (Å²) < 4.78 is 11.8. The molecule has 0 radical (unpaired) electrons. The van der Waals surface area contributed by atoms with Gasteiger partial charge in [-0.1, -0.05) is 15.9 Å². The predicted molar refractivity (Wildman–Crippen MR) is 75.3 cm³/mol. The van der Waals surface area contributed by atoms with E-state index in [-0.39, 0.29) is 6.61 Å². The van der Waals surface area contributed by atoms with Crippen LogP contribution in [0.3, 0.4) is 0 Å². The largest absolute Gasteiger partial charge is 0.493 e. The molecule has 1 aromatic rings. The summed E-state index contributed by atoms with van der Waals surface area (Å²) in [6.45, 7) is 4.27. The van der Waals surface area contributed by atoms with E-state index >= 15 is 0 Å². The molecule has 0 saturated carbocycles. The van der Waals surface area contributed by atoms with Gasteiger partial charge in [-0.15, -0.1) is 0 Å². The molecule has 2 N–H and O–H groups in total. The second-order valence-electron chi connectivity index (χ2n) is 3.78. The number of ether oxygens (including phenoxy) is 2. The monoisotopic (exact) mass is 317 g/mol. The van der Waals surface area contributed by atoms with Gasteiger partial charge in [0.1, 0.15) is 0 Å². The van der Waals surface area contributed by atoms with Crippen LogP contribution in [-0.4, -0.2) is 32.0 Å². The van der Waals surface area contributed by atoms with Crippen LogP contribution in [0, 0.1) is 0 Å². The first kappa shape index (κ1) is 15.3. The van der Waals surface area contributed by atoms with Crippen molar-refractivity contribution < 1.29 is 14.6 Å². The number of halogens is 1. The fourth-order valence-electron chi connectivity index (χ4n) is 1.57. The topological polar surface area (TPSA) is 50.7 Å². The number of rotatable bonds is 8. The highest BCUT2D eigenvalue weighted by molar-refractivity contribution is 9.10. The zero-order valence-electron chi connectivity index (χ0n) is 10.8. The second-order valence-corrected chi connectivity index (χ2v) is 4.64. The van der Waals surface area contributed by atoms with Crippen molar-refractivity contribution in [1.29, 1.82) is 0 Å². The van der Waals surface area contributed by atoms with Gasteiger partial charge in [-0.2, -0.15) is 0 Å². The molecule has 0 heterocycles. The molecule has 18 heavy (non-hydrogen) atoms. The van der Waals surface area contributed by atoms with E-state index in [0.29, 0.717) is 6.61 Å². The van der Waals surface area contributed by atoms with E-state index < -0.39 is 0 Å². The summed E-state index contributed by atoms with van der Waals surface area (Å²) >= 11 is 3.52. The Morgan fingerprint density at radius 1 is 1.33 bits per heavy atom. The minimum Gasteiger partial charge on any atom is -0.493 e. The van der Waals surface area contributed by atoms with Crippen LogP contribution < -0.4 is 14.8 Å². The van der Waals surface area contributed by atoms with E-state index in [9.17, 15) is 0 Å². The summed E-state index contributed by atoms with van der Waals surface area (Å²) in [4.78, 5) is 0. The zero-order valence-corrected chi connectivity index (χ0v) is 12.4. The van der Waals surface area contributed by atoms with E-state index in [1.54, 1.807) is 7.11 Å². The summed E-state index contributed by atoms with van der Waals surface area (Å²) in [5.41, 5.74) is 1.10. The molecule has 102 valence electrons. The van der Waals surface area contributed by atoms with Crippen molar-refractivity contribution in [3.05, 3.63) is 22.2 Å². The molecule has 0 atom stereocenters. The number of aliphatic hydroxyl groups is 1. The minimum atomic E-state index is 0.209. The predicted octanol–water partition coefficient (Wildman–Crippen LogP) is 2.33.